The summed E-state index contributed by atoms with van der Waals surface area (Å²) in [6, 6.07) is 42.3. The number of carbonyl (C=O) groups is 1. The summed E-state index contributed by atoms with van der Waals surface area (Å²) < 4.78 is 10.2. The molecule has 4 rings (SSSR count). The number of benzene rings is 4. The van der Waals surface area contributed by atoms with Crippen LogP contribution in [0.4, 0.5) is 0 Å². The van der Waals surface area contributed by atoms with Gasteiger partial charge in [-0.1, -0.05) is 0 Å². The Labute approximate surface area is 192 Å². The van der Waals surface area contributed by atoms with Crippen LogP contribution in [0.5, 0.6) is 0 Å². The first kappa shape index (κ1) is 21.8. The van der Waals surface area contributed by atoms with Crippen molar-refractivity contribution in [2.75, 3.05) is 7.11 Å². The molecule has 3 heteroatoms. The third kappa shape index (κ3) is 3.94. The van der Waals surface area contributed by atoms with Gasteiger partial charge >= 0.3 is 193 Å². The van der Waals surface area contributed by atoms with Crippen molar-refractivity contribution in [3.05, 3.63) is 132 Å². The predicted octanol–water partition coefficient (Wildman–Crippen LogP) is 4.34. The first-order chi connectivity index (χ1) is 15.7. The van der Waals surface area contributed by atoms with Gasteiger partial charge in [-0.25, -0.2) is 0 Å². The zero-order chi connectivity index (χ0) is 22.4. The van der Waals surface area contributed by atoms with E-state index in [4.69, 9.17) is 4.74 Å². The first-order valence-corrected chi connectivity index (χ1v) is 14.9. The van der Waals surface area contributed by atoms with Crippen molar-refractivity contribution in [2.24, 2.45) is 0 Å². The third-order valence-corrected chi connectivity index (χ3v) is 16.4. The Morgan fingerprint density at radius 3 is 1.28 bits per heavy atom. The summed E-state index contributed by atoms with van der Waals surface area (Å²) in [7, 11) is 1.46. The summed E-state index contributed by atoms with van der Waals surface area (Å²) in [5.41, 5.74) is 1.72. The molecule has 0 unspecified atom stereocenters. The van der Waals surface area contributed by atoms with E-state index in [1.165, 1.54) is 20.3 Å². The van der Waals surface area contributed by atoms with Gasteiger partial charge in [-0.05, 0) is 0 Å². The van der Waals surface area contributed by atoms with Gasteiger partial charge in [0.15, 0.2) is 0 Å². The maximum absolute atomic E-state index is 13.0. The number of methoxy groups -OCH3 is 1. The molecule has 0 saturated carbocycles. The zero-order valence-corrected chi connectivity index (χ0v) is 20.5. The summed E-state index contributed by atoms with van der Waals surface area (Å²) in [6.07, 6.45) is 0. The predicted molar refractivity (Wildman–Crippen MR) is 135 cm³/mol. The van der Waals surface area contributed by atoms with Crippen LogP contribution < -0.4 is 13.2 Å². The summed E-state index contributed by atoms with van der Waals surface area (Å²) in [6.45, 7) is 1.91. The fourth-order valence-corrected chi connectivity index (χ4v) is 15.5. The number of carbonyl (C=O) groups excluding carboxylic acids is 1. The molecule has 0 aliphatic rings. The van der Waals surface area contributed by atoms with E-state index in [1.807, 2.05) is 43.3 Å². The minimum absolute atomic E-state index is 0.290. The van der Waals surface area contributed by atoms with Crippen LogP contribution in [-0.4, -0.2) is 26.3 Å². The van der Waals surface area contributed by atoms with Crippen molar-refractivity contribution in [2.45, 2.75) is 6.92 Å². The van der Waals surface area contributed by atoms with E-state index in [2.05, 4.69) is 84.9 Å². The van der Waals surface area contributed by atoms with Crippen molar-refractivity contribution in [3.8, 4) is 0 Å². The molecule has 0 saturated heterocycles. The summed E-state index contributed by atoms with van der Waals surface area (Å²) in [4.78, 5) is 13.0. The van der Waals surface area contributed by atoms with Crippen LogP contribution in [0.2, 0.25) is 0 Å². The second-order valence-corrected chi connectivity index (χ2v) is 15.5. The van der Waals surface area contributed by atoms with Crippen molar-refractivity contribution in [1.29, 1.82) is 0 Å². The molecule has 0 heterocycles. The molecule has 0 spiro atoms. The van der Waals surface area contributed by atoms with Crippen molar-refractivity contribution in [1.82, 2.24) is 0 Å². The number of ether oxygens (including phenoxy) is 1. The van der Waals surface area contributed by atoms with Gasteiger partial charge in [-0.3, -0.25) is 0 Å². The van der Waals surface area contributed by atoms with Gasteiger partial charge in [0.25, 0.3) is 0 Å². The van der Waals surface area contributed by atoms with Crippen LogP contribution in [0.15, 0.2) is 127 Å². The van der Waals surface area contributed by atoms with Crippen LogP contribution in [0, 0.1) is 0 Å². The molecular weight excluding hydrogens is 453 g/mol. The van der Waals surface area contributed by atoms with Gasteiger partial charge in [-0.2, -0.15) is 0 Å². The normalized spacial score (nSPS) is 12.1. The average Bonchev–Trinajstić information content (AvgIpc) is 2.88. The molecule has 4 aromatic rings. The van der Waals surface area contributed by atoms with Crippen LogP contribution >= 0.6 is 0 Å². The topological polar surface area (TPSA) is 26.3 Å². The van der Waals surface area contributed by atoms with Crippen molar-refractivity contribution < 1.29 is 9.53 Å². The summed E-state index contributed by atoms with van der Waals surface area (Å²) >= 11 is -3.61. The van der Waals surface area contributed by atoms with Gasteiger partial charge in [0.05, 0.1) is 0 Å². The van der Waals surface area contributed by atoms with Gasteiger partial charge in [0.2, 0.25) is 0 Å². The van der Waals surface area contributed by atoms with Crippen molar-refractivity contribution in [3.63, 3.8) is 0 Å². The fraction of sp³-hybridized carbons (Fsp3) is 0.0690. The molecule has 0 atom stereocenters. The van der Waals surface area contributed by atoms with E-state index in [0.29, 0.717) is 5.57 Å². The number of esters is 1. The standard InChI is InChI=1S/C29H26GeO2/c1-23(29(31)32-2)28(24-15-7-3-8-16-24)30(25-17-9-4-10-18-25,26-19-11-5-12-20-26)27-21-13-6-14-22-27/h3-22H,1-2H3/b28-23-. The van der Waals surface area contributed by atoms with E-state index in [0.717, 1.165) is 9.97 Å². The van der Waals surface area contributed by atoms with Gasteiger partial charge in [0, 0.05) is 0 Å². The van der Waals surface area contributed by atoms with E-state index < -0.39 is 13.3 Å². The maximum atomic E-state index is 13.0. The third-order valence-electron chi connectivity index (χ3n) is 5.92. The van der Waals surface area contributed by atoms with Crippen LogP contribution in [0.3, 0.4) is 0 Å². The Hall–Kier alpha value is -3.37. The van der Waals surface area contributed by atoms with Crippen LogP contribution in [0.25, 0.3) is 4.41 Å². The SMILES string of the molecule is COC(=O)/C(C)=[C](/c1ccccc1)[Ge]([c]1ccccc1)([c]1ccccc1)[c]1ccccc1. The molecule has 0 radical (unpaired) electrons. The van der Waals surface area contributed by atoms with E-state index >= 15 is 0 Å². The fourth-order valence-electron chi connectivity index (χ4n) is 4.57. The number of hydrogen-bond donors (Lipinski definition) is 0. The quantitative estimate of drug-likeness (QED) is 0.234. The van der Waals surface area contributed by atoms with Crippen LogP contribution in [-0.2, 0) is 9.53 Å². The molecule has 0 aliphatic heterocycles. The molecule has 4 aromatic carbocycles. The van der Waals surface area contributed by atoms with Gasteiger partial charge in [0.1, 0.15) is 0 Å². The van der Waals surface area contributed by atoms with Gasteiger partial charge < -0.3 is 0 Å². The molecule has 0 N–H and O–H groups in total. The zero-order valence-electron chi connectivity index (χ0n) is 18.4. The molecule has 2 nitrogen and oxygen atoms in total. The second-order valence-electron chi connectivity index (χ2n) is 7.71. The molecular formula is C29H26GeO2. The Morgan fingerprint density at radius 2 is 0.938 bits per heavy atom. The van der Waals surface area contributed by atoms with Crippen LogP contribution in [0.1, 0.15) is 12.5 Å². The van der Waals surface area contributed by atoms with E-state index in [-0.39, 0.29) is 5.97 Å². The Morgan fingerprint density at radius 1 is 0.594 bits per heavy atom. The Balaban J connectivity index is 2.24. The Bertz CT molecular complexity index is 1100. The molecule has 0 bridgehead atoms. The number of rotatable bonds is 6. The minimum atomic E-state index is -3.61. The van der Waals surface area contributed by atoms with E-state index in [9.17, 15) is 4.79 Å². The monoisotopic (exact) mass is 480 g/mol. The molecule has 158 valence electrons. The number of hydrogen-bond acceptors (Lipinski definition) is 2. The molecule has 0 aromatic heterocycles. The summed E-state index contributed by atoms with van der Waals surface area (Å²) in [5, 5.41) is 0. The Kier molecular flexibility index (Phi) is 6.72. The van der Waals surface area contributed by atoms with E-state index in [1.54, 1.807) is 0 Å². The summed E-state index contributed by atoms with van der Waals surface area (Å²) in [5.74, 6) is -0.290. The second kappa shape index (κ2) is 9.84. The molecule has 0 fully saturated rings. The van der Waals surface area contributed by atoms with Gasteiger partial charge in [-0.15, -0.1) is 0 Å². The molecule has 0 aliphatic carbocycles. The van der Waals surface area contributed by atoms with Crippen molar-refractivity contribution >= 4 is 36.8 Å². The average molecular weight is 479 g/mol. The molecule has 32 heavy (non-hydrogen) atoms. The molecule has 0 amide bonds. The first-order valence-electron chi connectivity index (χ1n) is 10.7.